The van der Waals surface area contributed by atoms with E-state index >= 15 is 0 Å². The summed E-state index contributed by atoms with van der Waals surface area (Å²) in [4.78, 5) is 0. The lowest BCUT2D eigenvalue weighted by Gasteiger charge is -2.05. The second-order valence-corrected chi connectivity index (χ2v) is 5.78. The van der Waals surface area contributed by atoms with Crippen molar-refractivity contribution in [1.29, 1.82) is 0 Å². The fraction of sp³-hybridized carbons (Fsp3) is 0.500. The molecular weight excluding hydrogens is 222 g/mol. The molecule has 1 N–H and O–H groups in total. The Balaban J connectivity index is 2.54. The van der Waals surface area contributed by atoms with Crippen LogP contribution in [-0.4, -0.2) is 14.7 Å². The topological polar surface area (TPSA) is 46.2 Å². The summed E-state index contributed by atoms with van der Waals surface area (Å²) in [5.41, 5.74) is 1.88. The average molecular weight is 241 g/mol. The predicted molar refractivity (Wildman–Crippen MR) is 68.1 cm³/mol. The zero-order valence-corrected chi connectivity index (χ0v) is 10.7. The molecule has 3 nitrogen and oxygen atoms in total. The van der Waals surface area contributed by atoms with Crippen LogP contribution in [0, 0.1) is 0 Å². The smallest absolute Gasteiger partial charge is 0.229 e. The second-order valence-electron chi connectivity index (χ2n) is 4.03. The van der Waals surface area contributed by atoms with Crippen LogP contribution >= 0.6 is 0 Å². The van der Waals surface area contributed by atoms with Gasteiger partial charge < -0.3 is 0 Å². The van der Waals surface area contributed by atoms with Gasteiger partial charge in [0.05, 0.1) is 6.26 Å². The number of benzene rings is 1. The molecule has 0 spiro atoms. The number of anilines is 1. The number of sulfonamides is 1. The Labute approximate surface area is 97.9 Å². The van der Waals surface area contributed by atoms with Crippen molar-refractivity contribution < 1.29 is 8.42 Å². The number of hydrogen-bond acceptors (Lipinski definition) is 2. The van der Waals surface area contributed by atoms with E-state index in [4.69, 9.17) is 0 Å². The molecule has 0 amide bonds. The molecule has 1 rings (SSSR count). The molecule has 0 aromatic heterocycles. The molecule has 16 heavy (non-hydrogen) atoms. The zero-order valence-electron chi connectivity index (χ0n) is 9.86. The molecule has 1 aromatic carbocycles. The molecule has 0 unspecified atom stereocenters. The Morgan fingerprint density at radius 2 is 1.75 bits per heavy atom. The molecule has 0 fully saturated rings. The summed E-state index contributed by atoms with van der Waals surface area (Å²) in [6.07, 6.45) is 5.86. The first-order valence-electron chi connectivity index (χ1n) is 5.58. The molecule has 0 aliphatic rings. The van der Waals surface area contributed by atoms with Gasteiger partial charge in [-0.15, -0.1) is 0 Å². The first-order valence-corrected chi connectivity index (χ1v) is 7.47. The normalized spacial score (nSPS) is 11.4. The molecule has 0 heterocycles. The minimum Gasteiger partial charge on any atom is -0.284 e. The Hall–Kier alpha value is -1.03. The van der Waals surface area contributed by atoms with Gasteiger partial charge in [0.1, 0.15) is 0 Å². The van der Waals surface area contributed by atoms with Crippen LogP contribution < -0.4 is 4.72 Å². The predicted octanol–water partition coefficient (Wildman–Crippen LogP) is 2.79. The lowest BCUT2D eigenvalue weighted by molar-refractivity contribution is 0.607. The average Bonchev–Trinajstić information content (AvgIpc) is 2.19. The SMILES string of the molecule is CCCCCc1ccc(NS(C)(=O)=O)cc1. The van der Waals surface area contributed by atoms with Gasteiger partial charge in [0.25, 0.3) is 0 Å². The molecule has 0 atom stereocenters. The van der Waals surface area contributed by atoms with Crippen LogP contribution in [-0.2, 0) is 16.4 Å². The summed E-state index contributed by atoms with van der Waals surface area (Å²) < 4.78 is 24.4. The summed E-state index contributed by atoms with van der Waals surface area (Å²) in [5, 5.41) is 0. The highest BCUT2D eigenvalue weighted by Gasteiger charge is 2.01. The Morgan fingerprint density at radius 1 is 1.12 bits per heavy atom. The fourth-order valence-corrected chi connectivity index (χ4v) is 2.10. The highest BCUT2D eigenvalue weighted by Crippen LogP contribution is 2.13. The fourth-order valence-electron chi connectivity index (χ4n) is 1.53. The third-order valence-electron chi connectivity index (χ3n) is 2.33. The van der Waals surface area contributed by atoms with Crippen LogP contribution in [0.3, 0.4) is 0 Å². The quantitative estimate of drug-likeness (QED) is 0.778. The summed E-state index contributed by atoms with van der Waals surface area (Å²) in [6, 6.07) is 7.57. The summed E-state index contributed by atoms with van der Waals surface area (Å²) >= 11 is 0. The van der Waals surface area contributed by atoms with Gasteiger partial charge >= 0.3 is 0 Å². The van der Waals surface area contributed by atoms with E-state index < -0.39 is 10.0 Å². The molecule has 1 aromatic rings. The van der Waals surface area contributed by atoms with E-state index in [2.05, 4.69) is 11.6 Å². The van der Waals surface area contributed by atoms with Gasteiger partial charge in [-0.2, -0.15) is 0 Å². The van der Waals surface area contributed by atoms with Gasteiger partial charge in [0.15, 0.2) is 0 Å². The van der Waals surface area contributed by atoms with Gasteiger partial charge in [0.2, 0.25) is 10.0 Å². The van der Waals surface area contributed by atoms with E-state index in [1.807, 2.05) is 24.3 Å². The monoisotopic (exact) mass is 241 g/mol. The van der Waals surface area contributed by atoms with Crippen molar-refractivity contribution >= 4 is 15.7 Å². The van der Waals surface area contributed by atoms with Crippen molar-refractivity contribution in [2.45, 2.75) is 32.6 Å². The largest absolute Gasteiger partial charge is 0.284 e. The number of nitrogens with one attached hydrogen (secondary N) is 1. The van der Waals surface area contributed by atoms with E-state index in [0.717, 1.165) is 12.7 Å². The lowest BCUT2D eigenvalue weighted by atomic mass is 10.1. The van der Waals surface area contributed by atoms with E-state index in [1.54, 1.807) is 0 Å². The molecule has 0 radical (unpaired) electrons. The first-order chi connectivity index (χ1) is 7.51. The van der Waals surface area contributed by atoms with Crippen molar-refractivity contribution in [3.05, 3.63) is 29.8 Å². The van der Waals surface area contributed by atoms with E-state index in [0.29, 0.717) is 5.69 Å². The van der Waals surface area contributed by atoms with Crippen LogP contribution in [0.25, 0.3) is 0 Å². The molecule has 0 aliphatic heterocycles. The van der Waals surface area contributed by atoms with Crippen molar-refractivity contribution in [1.82, 2.24) is 0 Å². The maximum Gasteiger partial charge on any atom is 0.229 e. The van der Waals surface area contributed by atoms with Gasteiger partial charge in [-0.1, -0.05) is 31.9 Å². The second kappa shape index (κ2) is 5.89. The summed E-state index contributed by atoms with van der Waals surface area (Å²) in [7, 11) is -3.16. The highest BCUT2D eigenvalue weighted by atomic mass is 32.2. The first kappa shape index (κ1) is 13.0. The van der Waals surface area contributed by atoms with E-state index in [-0.39, 0.29) is 0 Å². The van der Waals surface area contributed by atoms with Crippen LogP contribution in [0.1, 0.15) is 31.7 Å². The summed E-state index contributed by atoms with van der Waals surface area (Å²) in [5.74, 6) is 0. The Kier molecular flexibility index (Phi) is 4.80. The minimum atomic E-state index is -3.16. The Morgan fingerprint density at radius 3 is 2.25 bits per heavy atom. The van der Waals surface area contributed by atoms with Crippen LogP contribution in [0.2, 0.25) is 0 Å². The van der Waals surface area contributed by atoms with Crippen LogP contribution in [0.15, 0.2) is 24.3 Å². The van der Waals surface area contributed by atoms with Crippen molar-refractivity contribution in [2.24, 2.45) is 0 Å². The number of rotatable bonds is 6. The van der Waals surface area contributed by atoms with Crippen molar-refractivity contribution in [2.75, 3.05) is 11.0 Å². The maximum atomic E-state index is 11.0. The maximum absolute atomic E-state index is 11.0. The molecule has 0 aliphatic carbocycles. The van der Waals surface area contributed by atoms with E-state index in [9.17, 15) is 8.42 Å². The van der Waals surface area contributed by atoms with Gasteiger partial charge in [0, 0.05) is 5.69 Å². The minimum absolute atomic E-state index is 0.627. The van der Waals surface area contributed by atoms with E-state index in [1.165, 1.54) is 24.8 Å². The van der Waals surface area contributed by atoms with Crippen molar-refractivity contribution in [3.8, 4) is 0 Å². The van der Waals surface area contributed by atoms with Crippen LogP contribution in [0.5, 0.6) is 0 Å². The molecule has 4 heteroatoms. The number of unbranched alkanes of at least 4 members (excludes halogenated alkanes) is 2. The molecular formula is C12H19NO2S. The number of hydrogen-bond donors (Lipinski definition) is 1. The molecule has 90 valence electrons. The van der Waals surface area contributed by atoms with Gasteiger partial charge in [-0.3, -0.25) is 4.72 Å². The standard InChI is InChI=1S/C12H19NO2S/c1-3-4-5-6-11-7-9-12(10-8-11)13-16(2,14)15/h7-10,13H,3-6H2,1-2H3. The molecule has 0 saturated carbocycles. The lowest BCUT2D eigenvalue weighted by Crippen LogP contribution is -2.09. The zero-order chi connectivity index (χ0) is 12.0. The summed E-state index contributed by atoms with van der Waals surface area (Å²) in [6.45, 7) is 2.18. The molecule has 0 saturated heterocycles. The third kappa shape index (κ3) is 5.16. The van der Waals surface area contributed by atoms with Gasteiger partial charge in [-0.25, -0.2) is 8.42 Å². The highest BCUT2D eigenvalue weighted by molar-refractivity contribution is 7.92. The third-order valence-corrected chi connectivity index (χ3v) is 2.93. The Bertz CT molecular complexity index is 409. The number of aryl methyl sites for hydroxylation is 1. The van der Waals surface area contributed by atoms with Gasteiger partial charge in [-0.05, 0) is 30.5 Å². The molecule has 0 bridgehead atoms. The van der Waals surface area contributed by atoms with Crippen molar-refractivity contribution in [3.63, 3.8) is 0 Å². The van der Waals surface area contributed by atoms with Crippen LogP contribution in [0.4, 0.5) is 5.69 Å².